The Labute approximate surface area is 143 Å². The van der Waals surface area contributed by atoms with E-state index >= 15 is 0 Å². The molecule has 0 aliphatic carbocycles. The van der Waals surface area contributed by atoms with Crippen molar-refractivity contribution in [3.8, 4) is 0 Å². The average molecular weight is 418 g/mol. The second-order valence-electron chi connectivity index (χ2n) is 6.12. The minimum atomic E-state index is -0.209. The number of benzene rings is 1. The third-order valence-corrected chi connectivity index (χ3v) is 8.52. The first-order valence-corrected chi connectivity index (χ1v) is 9.55. The lowest BCUT2D eigenvalue weighted by Gasteiger charge is -2.38. The maximum atomic E-state index is 6.55. The van der Waals surface area contributed by atoms with Gasteiger partial charge in [-0.05, 0) is 18.4 Å². The van der Waals surface area contributed by atoms with Crippen LogP contribution in [0.2, 0.25) is 0 Å². The molecule has 0 saturated carbocycles. The molecular weight excluding hydrogens is 396 g/mol. The predicted molar refractivity (Wildman–Crippen MR) is 92.2 cm³/mol. The lowest BCUT2D eigenvalue weighted by molar-refractivity contribution is -0.0967. The molecule has 2 bridgehead atoms. The monoisotopic (exact) mass is 416 g/mol. The van der Waals surface area contributed by atoms with Crippen LogP contribution in [0.25, 0.3) is 0 Å². The van der Waals surface area contributed by atoms with Gasteiger partial charge in [0.25, 0.3) is 0 Å². The molecule has 4 heteroatoms. The van der Waals surface area contributed by atoms with Crippen molar-refractivity contribution in [1.29, 1.82) is 0 Å². The summed E-state index contributed by atoms with van der Waals surface area (Å²) in [5, 5.41) is 0. The summed E-state index contributed by atoms with van der Waals surface area (Å²) >= 11 is 7.72. The molecule has 3 rings (SSSR count). The first-order chi connectivity index (χ1) is 10.1. The number of hydrogen-bond donors (Lipinski definition) is 0. The molecule has 2 heterocycles. The Morgan fingerprint density at radius 3 is 2.48 bits per heavy atom. The Morgan fingerprint density at radius 2 is 1.86 bits per heavy atom. The number of rotatable bonds is 5. The van der Waals surface area contributed by atoms with Gasteiger partial charge in [-0.25, -0.2) is 0 Å². The molecule has 116 valence electrons. The lowest BCUT2D eigenvalue weighted by atomic mass is 9.77. The molecule has 21 heavy (non-hydrogen) atoms. The summed E-state index contributed by atoms with van der Waals surface area (Å²) in [5.74, 6) is 0. The van der Waals surface area contributed by atoms with E-state index in [1.807, 2.05) is 6.07 Å². The van der Waals surface area contributed by atoms with Gasteiger partial charge in [-0.2, -0.15) is 0 Å². The highest BCUT2D eigenvalue weighted by molar-refractivity contribution is 9.12. The molecule has 1 aromatic rings. The van der Waals surface area contributed by atoms with Crippen LogP contribution in [0.1, 0.15) is 38.7 Å². The van der Waals surface area contributed by atoms with Gasteiger partial charge in [0.1, 0.15) is 5.60 Å². The Bertz CT molecular complexity index is 495. The molecule has 0 N–H and O–H groups in total. The molecule has 0 spiro atoms. The van der Waals surface area contributed by atoms with E-state index in [-0.39, 0.29) is 17.3 Å². The summed E-state index contributed by atoms with van der Waals surface area (Å²) in [7, 11) is 0. The van der Waals surface area contributed by atoms with Crippen LogP contribution in [-0.2, 0) is 16.1 Å². The van der Waals surface area contributed by atoms with Crippen LogP contribution in [0.4, 0.5) is 0 Å². The van der Waals surface area contributed by atoms with Crippen LogP contribution in [0.3, 0.4) is 0 Å². The third-order valence-electron chi connectivity index (χ3n) is 5.14. The number of hydrogen-bond acceptors (Lipinski definition) is 2. The van der Waals surface area contributed by atoms with E-state index in [0.29, 0.717) is 16.3 Å². The standard InChI is InChI=1S/C17H22Br2O2/c1-3-16-10-13(20-11-12-8-6-5-7-9-12)17(4-2,21-16)15(19)14(16)18/h5-9,13-15H,3-4,10-11H2,1-2H3. The van der Waals surface area contributed by atoms with Crippen molar-refractivity contribution < 1.29 is 9.47 Å². The minimum Gasteiger partial charge on any atom is -0.370 e. The van der Waals surface area contributed by atoms with Crippen molar-refractivity contribution in [2.75, 3.05) is 0 Å². The van der Waals surface area contributed by atoms with E-state index in [9.17, 15) is 0 Å². The highest BCUT2D eigenvalue weighted by Gasteiger charge is 2.69. The van der Waals surface area contributed by atoms with Crippen molar-refractivity contribution in [2.24, 2.45) is 0 Å². The number of ether oxygens (including phenoxy) is 2. The number of alkyl halides is 2. The predicted octanol–water partition coefficient (Wildman–Crippen LogP) is 4.83. The van der Waals surface area contributed by atoms with Gasteiger partial charge in [-0.15, -0.1) is 0 Å². The molecule has 5 atom stereocenters. The zero-order valence-corrected chi connectivity index (χ0v) is 15.7. The van der Waals surface area contributed by atoms with Crippen molar-refractivity contribution in [3.63, 3.8) is 0 Å². The lowest BCUT2D eigenvalue weighted by Crippen LogP contribution is -2.51. The van der Waals surface area contributed by atoms with Crippen molar-refractivity contribution in [2.45, 2.75) is 66.7 Å². The van der Waals surface area contributed by atoms with Gasteiger partial charge in [0.2, 0.25) is 0 Å². The smallest absolute Gasteiger partial charge is 0.109 e. The van der Waals surface area contributed by atoms with E-state index in [1.54, 1.807) is 0 Å². The fraction of sp³-hybridized carbons (Fsp3) is 0.647. The highest BCUT2D eigenvalue weighted by atomic mass is 79.9. The second-order valence-corrected chi connectivity index (χ2v) is 8.09. The highest BCUT2D eigenvalue weighted by Crippen LogP contribution is 2.59. The molecular formula is C17H22Br2O2. The quantitative estimate of drug-likeness (QED) is 0.638. The second kappa shape index (κ2) is 5.95. The van der Waals surface area contributed by atoms with Gasteiger partial charge in [-0.3, -0.25) is 0 Å². The van der Waals surface area contributed by atoms with Gasteiger partial charge >= 0.3 is 0 Å². The van der Waals surface area contributed by atoms with Crippen molar-refractivity contribution >= 4 is 31.9 Å². The van der Waals surface area contributed by atoms with Crippen LogP contribution in [0.5, 0.6) is 0 Å². The largest absolute Gasteiger partial charge is 0.370 e. The number of fused-ring (bicyclic) bond motifs is 2. The van der Waals surface area contributed by atoms with Gasteiger partial charge in [0, 0.05) is 6.42 Å². The van der Waals surface area contributed by atoms with Gasteiger partial charge in [0.05, 0.1) is 28.0 Å². The molecule has 0 radical (unpaired) electrons. The fourth-order valence-electron chi connectivity index (χ4n) is 3.77. The van der Waals surface area contributed by atoms with Crippen LogP contribution >= 0.6 is 31.9 Å². The zero-order chi connectivity index (χ0) is 15.1. The van der Waals surface area contributed by atoms with Crippen LogP contribution < -0.4 is 0 Å². The number of halogens is 2. The van der Waals surface area contributed by atoms with Gasteiger partial charge in [-0.1, -0.05) is 76.0 Å². The molecule has 0 aromatic heterocycles. The van der Waals surface area contributed by atoms with E-state index < -0.39 is 0 Å². The molecule has 2 aliphatic heterocycles. The average Bonchev–Trinajstić information content (AvgIpc) is 2.98. The SMILES string of the molecule is CCC12CC(OCc3ccccc3)C(CC)(O1)C(Br)C2Br. The zero-order valence-electron chi connectivity index (χ0n) is 12.5. The first-order valence-electron chi connectivity index (χ1n) is 7.72. The molecule has 5 unspecified atom stereocenters. The summed E-state index contributed by atoms with van der Waals surface area (Å²) in [4.78, 5) is 0.649. The Kier molecular flexibility index (Phi) is 4.53. The maximum Gasteiger partial charge on any atom is 0.109 e. The van der Waals surface area contributed by atoms with Crippen LogP contribution in [-0.4, -0.2) is 27.0 Å². The third kappa shape index (κ3) is 2.43. The molecule has 2 aliphatic rings. The molecule has 2 saturated heterocycles. The summed E-state index contributed by atoms with van der Waals surface area (Å²) in [6, 6.07) is 10.4. The fourth-order valence-corrected chi connectivity index (χ4v) is 6.01. The Balaban J connectivity index is 1.77. The minimum absolute atomic E-state index is 0.0917. The Hall–Kier alpha value is 0.1000. The van der Waals surface area contributed by atoms with Crippen LogP contribution in [0.15, 0.2) is 30.3 Å². The maximum absolute atomic E-state index is 6.55. The van der Waals surface area contributed by atoms with E-state index in [2.05, 4.69) is 70.0 Å². The summed E-state index contributed by atoms with van der Waals surface area (Å²) < 4.78 is 12.8. The summed E-state index contributed by atoms with van der Waals surface area (Å²) in [6.07, 6.45) is 3.10. The summed E-state index contributed by atoms with van der Waals surface area (Å²) in [5.41, 5.74) is 0.920. The van der Waals surface area contributed by atoms with Crippen molar-refractivity contribution in [3.05, 3.63) is 35.9 Å². The van der Waals surface area contributed by atoms with E-state index in [0.717, 1.165) is 19.3 Å². The molecule has 1 aromatic carbocycles. The van der Waals surface area contributed by atoms with E-state index in [1.165, 1.54) is 5.56 Å². The summed E-state index contributed by atoms with van der Waals surface area (Å²) in [6.45, 7) is 5.06. The topological polar surface area (TPSA) is 18.5 Å². The van der Waals surface area contributed by atoms with Gasteiger partial charge < -0.3 is 9.47 Å². The normalized spacial score (nSPS) is 41.6. The van der Waals surface area contributed by atoms with Gasteiger partial charge in [0.15, 0.2) is 0 Å². The van der Waals surface area contributed by atoms with Crippen LogP contribution in [0, 0.1) is 0 Å². The molecule has 0 amide bonds. The van der Waals surface area contributed by atoms with E-state index in [4.69, 9.17) is 9.47 Å². The first kappa shape index (κ1) is 16.0. The Morgan fingerprint density at radius 1 is 1.14 bits per heavy atom. The molecule has 2 fully saturated rings. The molecule has 2 nitrogen and oxygen atoms in total. The van der Waals surface area contributed by atoms with Crippen molar-refractivity contribution in [1.82, 2.24) is 0 Å².